The van der Waals surface area contributed by atoms with Crippen molar-refractivity contribution in [1.82, 2.24) is 9.03 Å². The van der Waals surface area contributed by atoms with Gasteiger partial charge in [0, 0.05) is 31.9 Å². The van der Waals surface area contributed by atoms with Gasteiger partial charge < -0.3 is 10.6 Å². The zero-order chi connectivity index (χ0) is 21.2. The summed E-state index contributed by atoms with van der Waals surface area (Å²) in [6.45, 7) is 0.745. The Balaban J connectivity index is 1.75. The van der Waals surface area contributed by atoms with Gasteiger partial charge in [-0.15, -0.1) is 0 Å². The third-order valence-corrected chi connectivity index (χ3v) is 7.56. The lowest BCUT2D eigenvalue weighted by Crippen LogP contribution is -2.46. The van der Waals surface area contributed by atoms with E-state index in [2.05, 4.69) is 0 Å². The van der Waals surface area contributed by atoms with Crippen LogP contribution in [-0.2, 0) is 15.0 Å². The third-order valence-electron chi connectivity index (χ3n) is 6.16. The number of benzene rings is 1. The molecule has 1 aliphatic heterocycles. The minimum Gasteiger partial charge on any atom is -0.368 e. The van der Waals surface area contributed by atoms with Gasteiger partial charge in [0.1, 0.15) is 6.04 Å². The molecule has 1 aromatic carbocycles. The molecule has 29 heavy (non-hydrogen) atoms. The van der Waals surface area contributed by atoms with Crippen molar-refractivity contribution >= 4 is 27.7 Å². The van der Waals surface area contributed by atoms with Gasteiger partial charge >= 0.3 is 10.2 Å². The van der Waals surface area contributed by atoms with Crippen molar-refractivity contribution in [2.24, 2.45) is 17.6 Å². The SMILES string of the molecule is CN(C)S(=O)(=O)NC(=O)c1ccc(N2CC[C@@H](C3CCCCC3)[C@H]2C(N)=O)cc1. The van der Waals surface area contributed by atoms with Gasteiger partial charge in [-0.3, -0.25) is 9.59 Å². The first kappa shape index (κ1) is 21.6. The summed E-state index contributed by atoms with van der Waals surface area (Å²) in [4.78, 5) is 26.5. The lowest BCUT2D eigenvalue weighted by atomic mass is 9.76. The summed E-state index contributed by atoms with van der Waals surface area (Å²) < 4.78 is 26.6. The number of primary amides is 1. The van der Waals surface area contributed by atoms with Gasteiger partial charge in [0.05, 0.1) is 0 Å². The normalized spacial score (nSPS) is 23.3. The second kappa shape index (κ2) is 8.71. The van der Waals surface area contributed by atoms with Gasteiger partial charge in [-0.2, -0.15) is 12.7 Å². The summed E-state index contributed by atoms with van der Waals surface area (Å²) in [7, 11) is -1.16. The average Bonchev–Trinajstić information content (AvgIpc) is 3.14. The molecular formula is C20H30N4O4S. The molecule has 1 heterocycles. The van der Waals surface area contributed by atoms with E-state index in [0.717, 1.165) is 35.8 Å². The maximum absolute atomic E-state index is 12.3. The van der Waals surface area contributed by atoms with E-state index in [4.69, 9.17) is 5.73 Å². The topological polar surface area (TPSA) is 113 Å². The summed E-state index contributed by atoms with van der Waals surface area (Å²) in [5.74, 6) is -0.205. The minimum atomic E-state index is -3.85. The van der Waals surface area contributed by atoms with E-state index in [1.807, 2.05) is 9.62 Å². The molecular weight excluding hydrogens is 392 g/mol. The van der Waals surface area contributed by atoms with Gasteiger partial charge in [0.15, 0.2) is 0 Å². The largest absolute Gasteiger partial charge is 0.368 e. The maximum atomic E-state index is 12.3. The molecule has 0 unspecified atom stereocenters. The minimum absolute atomic E-state index is 0.234. The van der Waals surface area contributed by atoms with Gasteiger partial charge in [0.2, 0.25) is 5.91 Å². The van der Waals surface area contributed by atoms with E-state index >= 15 is 0 Å². The van der Waals surface area contributed by atoms with Crippen molar-refractivity contribution in [3.05, 3.63) is 29.8 Å². The van der Waals surface area contributed by atoms with Crippen LogP contribution in [0.25, 0.3) is 0 Å². The van der Waals surface area contributed by atoms with Crippen LogP contribution in [0.15, 0.2) is 24.3 Å². The Kier molecular flexibility index (Phi) is 6.48. The smallest absolute Gasteiger partial charge is 0.303 e. The van der Waals surface area contributed by atoms with Gasteiger partial charge in [-0.1, -0.05) is 32.1 Å². The number of anilines is 1. The number of nitrogens with one attached hydrogen (secondary N) is 1. The lowest BCUT2D eigenvalue weighted by molar-refractivity contribution is -0.120. The molecule has 0 radical (unpaired) electrons. The van der Waals surface area contributed by atoms with Crippen LogP contribution in [0.1, 0.15) is 48.9 Å². The zero-order valence-corrected chi connectivity index (χ0v) is 17.8. The second-order valence-electron chi connectivity index (χ2n) is 8.16. The Bertz CT molecular complexity index is 848. The fraction of sp³-hybridized carbons (Fsp3) is 0.600. The van der Waals surface area contributed by atoms with Crippen LogP contribution in [0.2, 0.25) is 0 Å². The van der Waals surface area contributed by atoms with Crippen molar-refractivity contribution in [1.29, 1.82) is 0 Å². The number of carbonyl (C=O) groups excluding carboxylic acids is 2. The molecule has 2 atom stereocenters. The van der Waals surface area contributed by atoms with Gasteiger partial charge in [-0.05, 0) is 42.5 Å². The summed E-state index contributed by atoms with van der Waals surface area (Å²) in [5.41, 5.74) is 6.84. The monoisotopic (exact) mass is 422 g/mol. The van der Waals surface area contributed by atoms with Crippen LogP contribution < -0.4 is 15.4 Å². The number of nitrogens with two attached hydrogens (primary N) is 1. The van der Waals surface area contributed by atoms with E-state index in [1.165, 1.54) is 33.4 Å². The molecule has 0 bridgehead atoms. The van der Waals surface area contributed by atoms with Gasteiger partial charge in [-0.25, -0.2) is 4.72 Å². The predicted octanol–water partition coefficient (Wildman–Crippen LogP) is 1.48. The van der Waals surface area contributed by atoms with E-state index in [9.17, 15) is 18.0 Å². The first-order valence-electron chi connectivity index (χ1n) is 10.1. The highest BCUT2D eigenvalue weighted by atomic mass is 32.2. The van der Waals surface area contributed by atoms with Crippen molar-refractivity contribution < 1.29 is 18.0 Å². The second-order valence-corrected chi connectivity index (χ2v) is 10.0. The summed E-state index contributed by atoms with van der Waals surface area (Å²) in [6, 6.07) is 6.29. The molecule has 0 aromatic heterocycles. The number of rotatable bonds is 6. The molecule has 2 aliphatic rings. The van der Waals surface area contributed by atoms with E-state index < -0.39 is 16.1 Å². The molecule has 1 saturated carbocycles. The number of nitrogens with zero attached hydrogens (tertiary/aromatic N) is 2. The molecule has 3 rings (SSSR count). The van der Waals surface area contributed by atoms with Crippen molar-refractivity contribution in [3.8, 4) is 0 Å². The first-order chi connectivity index (χ1) is 13.7. The number of hydrogen-bond acceptors (Lipinski definition) is 5. The highest BCUT2D eigenvalue weighted by Gasteiger charge is 2.42. The molecule has 3 N–H and O–H groups in total. The average molecular weight is 423 g/mol. The molecule has 1 saturated heterocycles. The fourth-order valence-electron chi connectivity index (χ4n) is 4.60. The van der Waals surface area contributed by atoms with Crippen LogP contribution in [0.3, 0.4) is 0 Å². The van der Waals surface area contributed by atoms with E-state index in [0.29, 0.717) is 5.92 Å². The molecule has 1 aliphatic carbocycles. The first-order valence-corrected chi connectivity index (χ1v) is 11.6. The highest BCUT2D eigenvalue weighted by Crippen LogP contribution is 2.40. The predicted molar refractivity (Wildman–Crippen MR) is 112 cm³/mol. The Hall–Kier alpha value is -2.13. The van der Waals surface area contributed by atoms with Crippen LogP contribution in [-0.4, -0.2) is 51.2 Å². The summed E-state index contributed by atoms with van der Waals surface area (Å²) >= 11 is 0. The fourth-order valence-corrected chi connectivity index (χ4v) is 5.13. The van der Waals surface area contributed by atoms with E-state index in [-0.39, 0.29) is 23.4 Å². The highest BCUT2D eigenvalue weighted by molar-refractivity contribution is 7.87. The van der Waals surface area contributed by atoms with Crippen LogP contribution in [0.4, 0.5) is 5.69 Å². The quantitative estimate of drug-likeness (QED) is 0.721. The van der Waals surface area contributed by atoms with Crippen LogP contribution in [0.5, 0.6) is 0 Å². The molecule has 0 spiro atoms. The molecule has 2 amide bonds. The summed E-state index contributed by atoms with van der Waals surface area (Å²) in [6.07, 6.45) is 6.94. The Morgan fingerprint density at radius 3 is 2.24 bits per heavy atom. The molecule has 2 fully saturated rings. The Morgan fingerprint density at radius 2 is 1.69 bits per heavy atom. The number of amides is 2. The Morgan fingerprint density at radius 1 is 1.07 bits per heavy atom. The van der Waals surface area contributed by atoms with Crippen LogP contribution in [0, 0.1) is 11.8 Å². The van der Waals surface area contributed by atoms with E-state index in [1.54, 1.807) is 24.3 Å². The summed E-state index contributed by atoms with van der Waals surface area (Å²) in [5, 5.41) is 0. The molecule has 1 aromatic rings. The Labute approximate surface area is 172 Å². The van der Waals surface area contributed by atoms with Crippen molar-refractivity contribution in [2.45, 2.75) is 44.6 Å². The molecule has 9 heteroatoms. The lowest BCUT2D eigenvalue weighted by Gasteiger charge is -2.33. The zero-order valence-electron chi connectivity index (χ0n) is 17.0. The molecule has 160 valence electrons. The van der Waals surface area contributed by atoms with Crippen LogP contribution >= 0.6 is 0 Å². The standard InChI is InChI=1S/C20H30N4O4S/c1-23(2)29(27,28)22-20(26)15-8-10-16(11-9-15)24-13-12-17(18(24)19(21)25)14-6-4-3-5-7-14/h8-11,14,17-18H,3-7,12-13H2,1-2H3,(H2,21,25)(H,22,26)/t17-,18-/m0/s1. The number of hydrogen-bond donors (Lipinski definition) is 2. The van der Waals surface area contributed by atoms with Crippen molar-refractivity contribution in [3.63, 3.8) is 0 Å². The third kappa shape index (κ3) is 4.72. The molecule has 8 nitrogen and oxygen atoms in total. The maximum Gasteiger partial charge on any atom is 0.303 e. The van der Waals surface area contributed by atoms with Crippen molar-refractivity contribution in [2.75, 3.05) is 25.5 Å². The number of carbonyl (C=O) groups is 2. The van der Waals surface area contributed by atoms with Gasteiger partial charge in [0.25, 0.3) is 5.91 Å².